The van der Waals surface area contributed by atoms with E-state index in [1.807, 2.05) is 19.1 Å². The van der Waals surface area contributed by atoms with Crippen LogP contribution in [0, 0.1) is 6.92 Å². The van der Waals surface area contributed by atoms with Crippen LogP contribution in [0.1, 0.15) is 61.6 Å². The Bertz CT molecular complexity index is 1160. The van der Waals surface area contributed by atoms with Gasteiger partial charge in [0.2, 0.25) is 0 Å². The molecule has 0 unspecified atom stereocenters. The molecule has 0 atom stereocenters. The van der Waals surface area contributed by atoms with Gasteiger partial charge in [-0.2, -0.15) is 5.10 Å². The number of likely N-dealkylation sites (tertiary alicyclic amines) is 1. The van der Waals surface area contributed by atoms with Crippen molar-refractivity contribution in [2.45, 2.75) is 26.2 Å². The van der Waals surface area contributed by atoms with Crippen molar-refractivity contribution in [1.82, 2.24) is 14.7 Å². The Kier molecular flexibility index (Phi) is 6.16. The van der Waals surface area contributed by atoms with Gasteiger partial charge in [0.15, 0.2) is 5.78 Å². The standard InChI is InChI=1S/C25H26N4O3/c1-17-10-12-18(13-11-17)23(30)19-8-4-5-9-20(19)24(31)27-21-16-26-28(2)22(21)25(32)29-14-6-3-7-15-29/h4-5,8-13,16H,3,6-7,14-15H2,1-2H3,(H,27,31). The number of rotatable bonds is 5. The lowest BCUT2D eigenvalue weighted by Crippen LogP contribution is -2.37. The molecule has 1 N–H and O–H groups in total. The van der Waals surface area contributed by atoms with E-state index in [0.717, 1.165) is 24.8 Å². The lowest BCUT2D eigenvalue weighted by atomic mass is 9.97. The molecule has 2 amide bonds. The lowest BCUT2D eigenvalue weighted by molar-refractivity contribution is 0.0714. The summed E-state index contributed by atoms with van der Waals surface area (Å²) in [5.41, 5.74) is 2.79. The maximum Gasteiger partial charge on any atom is 0.274 e. The van der Waals surface area contributed by atoms with Gasteiger partial charge >= 0.3 is 0 Å². The highest BCUT2D eigenvalue weighted by Crippen LogP contribution is 2.22. The van der Waals surface area contributed by atoms with Gasteiger partial charge in [-0.25, -0.2) is 0 Å². The number of aryl methyl sites for hydroxylation is 2. The monoisotopic (exact) mass is 430 g/mol. The quantitative estimate of drug-likeness (QED) is 0.624. The molecule has 0 bridgehead atoms. The summed E-state index contributed by atoms with van der Waals surface area (Å²) in [5, 5.41) is 6.98. The number of aromatic nitrogens is 2. The normalized spacial score (nSPS) is 13.6. The molecule has 164 valence electrons. The highest BCUT2D eigenvalue weighted by Gasteiger charge is 2.26. The summed E-state index contributed by atoms with van der Waals surface area (Å²) in [6, 6.07) is 13.9. The number of nitrogens with one attached hydrogen (secondary N) is 1. The van der Waals surface area contributed by atoms with Crippen LogP contribution in [0.5, 0.6) is 0 Å². The van der Waals surface area contributed by atoms with Gasteiger partial charge in [0.1, 0.15) is 5.69 Å². The number of ketones is 1. The van der Waals surface area contributed by atoms with Crippen molar-refractivity contribution in [2.24, 2.45) is 7.05 Å². The molecule has 1 saturated heterocycles. The Balaban J connectivity index is 1.60. The van der Waals surface area contributed by atoms with E-state index in [-0.39, 0.29) is 17.3 Å². The van der Waals surface area contributed by atoms with Gasteiger partial charge in [0.05, 0.1) is 17.4 Å². The zero-order valence-corrected chi connectivity index (χ0v) is 18.3. The third-order valence-electron chi connectivity index (χ3n) is 5.76. The Morgan fingerprint density at radius 1 is 0.906 bits per heavy atom. The Morgan fingerprint density at radius 2 is 1.56 bits per heavy atom. The van der Waals surface area contributed by atoms with E-state index in [0.29, 0.717) is 35.6 Å². The molecule has 0 spiro atoms. The van der Waals surface area contributed by atoms with Crippen LogP contribution in [-0.2, 0) is 7.05 Å². The summed E-state index contributed by atoms with van der Waals surface area (Å²) in [4.78, 5) is 41.1. The lowest BCUT2D eigenvalue weighted by Gasteiger charge is -2.27. The van der Waals surface area contributed by atoms with Crippen LogP contribution in [0.4, 0.5) is 5.69 Å². The molecule has 32 heavy (non-hydrogen) atoms. The number of hydrogen-bond donors (Lipinski definition) is 1. The first-order valence-corrected chi connectivity index (χ1v) is 10.8. The molecule has 0 aliphatic carbocycles. The van der Waals surface area contributed by atoms with E-state index in [9.17, 15) is 14.4 Å². The van der Waals surface area contributed by atoms with Gasteiger partial charge in [-0.05, 0) is 32.3 Å². The predicted octanol–water partition coefficient (Wildman–Crippen LogP) is 3.84. The maximum atomic E-state index is 13.2. The van der Waals surface area contributed by atoms with Crippen molar-refractivity contribution < 1.29 is 14.4 Å². The minimum atomic E-state index is -0.457. The minimum Gasteiger partial charge on any atom is -0.337 e. The zero-order valence-electron chi connectivity index (χ0n) is 18.3. The smallest absolute Gasteiger partial charge is 0.274 e. The minimum absolute atomic E-state index is 0.149. The summed E-state index contributed by atoms with van der Waals surface area (Å²) >= 11 is 0. The molecule has 0 radical (unpaired) electrons. The molecule has 4 rings (SSSR count). The van der Waals surface area contributed by atoms with Gasteiger partial charge in [-0.1, -0.05) is 48.0 Å². The van der Waals surface area contributed by atoms with E-state index < -0.39 is 5.91 Å². The fourth-order valence-electron chi connectivity index (χ4n) is 3.96. The number of piperidine rings is 1. The second kappa shape index (κ2) is 9.18. The van der Waals surface area contributed by atoms with Crippen molar-refractivity contribution in [2.75, 3.05) is 18.4 Å². The first-order chi connectivity index (χ1) is 15.5. The molecule has 7 heteroatoms. The predicted molar refractivity (Wildman–Crippen MR) is 122 cm³/mol. The third kappa shape index (κ3) is 4.32. The summed E-state index contributed by atoms with van der Waals surface area (Å²) in [6.07, 6.45) is 4.53. The summed E-state index contributed by atoms with van der Waals surface area (Å²) in [6.45, 7) is 3.35. The zero-order chi connectivity index (χ0) is 22.7. The van der Waals surface area contributed by atoms with Gasteiger partial charge in [0.25, 0.3) is 11.8 Å². The highest BCUT2D eigenvalue weighted by atomic mass is 16.2. The number of amides is 2. The van der Waals surface area contributed by atoms with Crippen LogP contribution in [0.2, 0.25) is 0 Å². The molecule has 1 aliphatic rings. The van der Waals surface area contributed by atoms with Crippen LogP contribution in [0.3, 0.4) is 0 Å². The number of nitrogens with zero attached hydrogens (tertiary/aromatic N) is 3. The van der Waals surface area contributed by atoms with Gasteiger partial charge in [0, 0.05) is 31.3 Å². The highest BCUT2D eigenvalue weighted by molar-refractivity contribution is 6.18. The molecule has 7 nitrogen and oxygen atoms in total. The first kappa shape index (κ1) is 21.5. The molecule has 2 heterocycles. The molecule has 1 fully saturated rings. The third-order valence-corrected chi connectivity index (χ3v) is 5.76. The molecule has 2 aromatic carbocycles. The molecular weight excluding hydrogens is 404 g/mol. The van der Waals surface area contributed by atoms with Gasteiger partial charge < -0.3 is 10.2 Å². The van der Waals surface area contributed by atoms with Crippen LogP contribution < -0.4 is 5.32 Å². The van der Waals surface area contributed by atoms with Crippen molar-refractivity contribution in [3.63, 3.8) is 0 Å². The first-order valence-electron chi connectivity index (χ1n) is 10.8. The largest absolute Gasteiger partial charge is 0.337 e. The van der Waals surface area contributed by atoms with Gasteiger partial charge in [-0.3, -0.25) is 19.1 Å². The van der Waals surface area contributed by atoms with E-state index in [2.05, 4.69) is 10.4 Å². The van der Waals surface area contributed by atoms with Gasteiger partial charge in [-0.15, -0.1) is 0 Å². The molecule has 1 aromatic heterocycles. The van der Waals surface area contributed by atoms with Crippen LogP contribution in [0.25, 0.3) is 0 Å². The van der Waals surface area contributed by atoms with E-state index >= 15 is 0 Å². The Labute approximate surface area is 187 Å². The number of carbonyl (C=O) groups is 3. The number of carbonyl (C=O) groups excluding carboxylic acids is 3. The van der Waals surface area contributed by atoms with E-state index in [1.165, 1.54) is 10.9 Å². The van der Waals surface area contributed by atoms with E-state index in [4.69, 9.17) is 0 Å². The fourth-order valence-corrected chi connectivity index (χ4v) is 3.96. The van der Waals surface area contributed by atoms with Crippen molar-refractivity contribution in [3.05, 3.63) is 82.7 Å². The van der Waals surface area contributed by atoms with E-state index in [1.54, 1.807) is 48.3 Å². The van der Waals surface area contributed by atoms with Crippen molar-refractivity contribution in [1.29, 1.82) is 0 Å². The van der Waals surface area contributed by atoms with Crippen molar-refractivity contribution in [3.8, 4) is 0 Å². The number of anilines is 1. The average molecular weight is 431 g/mol. The Hall–Kier alpha value is -3.74. The summed E-state index contributed by atoms with van der Waals surface area (Å²) in [7, 11) is 1.68. The number of benzene rings is 2. The average Bonchev–Trinajstić information content (AvgIpc) is 3.18. The fraction of sp³-hybridized carbons (Fsp3) is 0.280. The SMILES string of the molecule is Cc1ccc(C(=O)c2ccccc2C(=O)Nc2cnn(C)c2C(=O)N2CCCCC2)cc1. The molecular formula is C25H26N4O3. The van der Waals surface area contributed by atoms with Crippen LogP contribution in [-0.4, -0.2) is 45.4 Å². The second-order valence-corrected chi connectivity index (χ2v) is 8.08. The Morgan fingerprint density at radius 3 is 2.25 bits per heavy atom. The maximum absolute atomic E-state index is 13.2. The second-order valence-electron chi connectivity index (χ2n) is 8.08. The summed E-state index contributed by atoms with van der Waals surface area (Å²) in [5.74, 6) is -0.836. The van der Waals surface area contributed by atoms with Crippen molar-refractivity contribution >= 4 is 23.3 Å². The molecule has 1 aliphatic heterocycles. The van der Waals surface area contributed by atoms with Crippen LogP contribution in [0.15, 0.2) is 54.7 Å². The molecule has 3 aromatic rings. The van der Waals surface area contributed by atoms with Crippen LogP contribution >= 0.6 is 0 Å². The summed E-state index contributed by atoms with van der Waals surface area (Å²) < 4.78 is 1.48. The topological polar surface area (TPSA) is 84.3 Å². The number of hydrogen-bond acceptors (Lipinski definition) is 4. The molecule has 0 saturated carbocycles.